The van der Waals surface area contributed by atoms with Crippen LogP contribution in [-0.2, 0) is 4.79 Å². The number of rotatable bonds is 4. The molecule has 5 heteroatoms. The number of nitrogens with zero attached hydrogens (tertiary/aromatic N) is 1. The number of amides is 1. The first-order valence-corrected chi connectivity index (χ1v) is 6.35. The van der Waals surface area contributed by atoms with Gasteiger partial charge in [0.15, 0.2) is 6.61 Å². The second-order valence-corrected chi connectivity index (χ2v) is 4.73. The molecule has 3 N–H and O–H groups in total. The molecule has 2 unspecified atom stereocenters. The Morgan fingerprint density at radius 2 is 2.16 bits per heavy atom. The zero-order chi connectivity index (χ0) is 13.7. The largest absolute Gasteiger partial charge is 0.479 e. The van der Waals surface area contributed by atoms with Crippen molar-refractivity contribution in [3.05, 3.63) is 24.3 Å². The molecule has 1 fully saturated rings. The molecule has 2 atom stereocenters. The van der Waals surface area contributed by atoms with Gasteiger partial charge in [0, 0.05) is 17.6 Å². The molecule has 1 aliphatic carbocycles. The number of benzene rings is 1. The summed E-state index contributed by atoms with van der Waals surface area (Å²) in [6.07, 6.45) is 2.53. The molecule has 100 valence electrons. The van der Waals surface area contributed by atoms with Gasteiger partial charge in [0.2, 0.25) is 5.91 Å². The lowest BCUT2D eigenvalue weighted by atomic mass is 10.1. The summed E-state index contributed by atoms with van der Waals surface area (Å²) in [4.78, 5) is 12.0. The minimum absolute atomic E-state index is 0.0181. The number of hydrogen-bond acceptors (Lipinski definition) is 4. The monoisotopic (exact) mass is 259 g/mol. The number of anilines is 1. The second kappa shape index (κ2) is 6.21. The van der Waals surface area contributed by atoms with Crippen LogP contribution in [0.3, 0.4) is 0 Å². The van der Waals surface area contributed by atoms with E-state index in [2.05, 4.69) is 5.32 Å². The second-order valence-electron chi connectivity index (χ2n) is 4.73. The van der Waals surface area contributed by atoms with Gasteiger partial charge < -0.3 is 15.8 Å². The first kappa shape index (κ1) is 13.4. The number of nitriles is 1. The van der Waals surface area contributed by atoms with Crippen LogP contribution in [0.5, 0.6) is 5.75 Å². The van der Waals surface area contributed by atoms with E-state index >= 15 is 0 Å². The molecule has 0 radical (unpaired) electrons. The van der Waals surface area contributed by atoms with E-state index in [9.17, 15) is 4.79 Å². The SMILES string of the molecule is N#CCOc1ccc(NC(=O)C2CCC(N)C2)cc1. The van der Waals surface area contributed by atoms with Gasteiger partial charge in [-0.25, -0.2) is 0 Å². The van der Waals surface area contributed by atoms with Crippen LogP contribution >= 0.6 is 0 Å². The highest BCUT2D eigenvalue weighted by Gasteiger charge is 2.27. The Morgan fingerprint density at radius 1 is 1.42 bits per heavy atom. The van der Waals surface area contributed by atoms with Gasteiger partial charge in [-0.05, 0) is 43.5 Å². The molecule has 1 aromatic rings. The maximum absolute atomic E-state index is 12.0. The molecule has 1 saturated carbocycles. The number of carbonyl (C=O) groups excluding carboxylic acids is 1. The highest BCUT2D eigenvalue weighted by atomic mass is 16.5. The zero-order valence-electron chi connectivity index (χ0n) is 10.6. The first-order chi connectivity index (χ1) is 9.19. The molecular formula is C14H17N3O2. The fraction of sp³-hybridized carbons (Fsp3) is 0.429. The van der Waals surface area contributed by atoms with Gasteiger partial charge in [-0.1, -0.05) is 0 Å². The van der Waals surface area contributed by atoms with Crippen molar-refractivity contribution in [2.24, 2.45) is 11.7 Å². The Morgan fingerprint density at radius 3 is 2.74 bits per heavy atom. The van der Waals surface area contributed by atoms with Crippen LogP contribution in [0.1, 0.15) is 19.3 Å². The van der Waals surface area contributed by atoms with Crippen LogP contribution in [0.25, 0.3) is 0 Å². The molecule has 19 heavy (non-hydrogen) atoms. The summed E-state index contributed by atoms with van der Waals surface area (Å²) in [6.45, 7) is 0.0195. The lowest BCUT2D eigenvalue weighted by Crippen LogP contribution is -2.23. The van der Waals surface area contributed by atoms with Crippen molar-refractivity contribution in [1.29, 1.82) is 5.26 Å². The molecule has 0 heterocycles. The van der Waals surface area contributed by atoms with Crippen LogP contribution in [0.2, 0.25) is 0 Å². The highest BCUT2D eigenvalue weighted by molar-refractivity contribution is 5.92. The number of nitrogens with one attached hydrogen (secondary N) is 1. The van der Waals surface area contributed by atoms with Gasteiger partial charge in [0.05, 0.1) is 0 Å². The number of ether oxygens (including phenoxy) is 1. The number of carbonyl (C=O) groups is 1. The molecule has 0 saturated heterocycles. The van der Waals surface area contributed by atoms with Crippen molar-refractivity contribution in [3.63, 3.8) is 0 Å². The summed E-state index contributed by atoms with van der Waals surface area (Å²) in [6, 6.07) is 9.04. The van der Waals surface area contributed by atoms with Crippen LogP contribution in [0, 0.1) is 17.2 Å². The van der Waals surface area contributed by atoms with E-state index in [0.29, 0.717) is 5.75 Å². The lowest BCUT2D eigenvalue weighted by molar-refractivity contribution is -0.119. The van der Waals surface area contributed by atoms with E-state index in [4.69, 9.17) is 15.7 Å². The minimum atomic E-state index is 0.0181. The molecule has 1 aliphatic rings. The van der Waals surface area contributed by atoms with Crippen molar-refractivity contribution in [2.75, 3.05) is 11.9 Å². The molecule has 1 aromatic carbocycles. The third-order valence-corrected chi connectivity index (χ3v) is 3.27. The third kappa shape index (κ3) is 3.70. The van der Waals surface area contributed by atoms with Crippen molar-refractivity contribution < 1.29 is 9.53 Å². The van der Waals surface area contributed by atoms with E-state index in [1.165, 1.54) is 0 Å². The summed E-state index contributed by atoms with van der Waals surface area (Å²) in [5.41, 5.74) is 6.53. The fourth-order valence-electron chi connectivity index (χ4n) is 2.25. The lowest BCUT2D eigenvalue weighted by Gasteiger charge is -2.11. The molecule has 0 aliphatic heterocycles. The Hall–Kier alpha value is -2.06. The van der Waals surface area contributed by atoms with Crippen molar-refractivity contribution in [3.8, 4) is 11.8 Å². The maximum Gasteiger partial charge on any atom is 0.227 e. The Labute approximate surface area is 112 Å². The van der Waals surface area contributed by atoms with Crippen molar-refractivity contribution in [2.45, 2.75) is 25.3 Å². The van der Waals surface area contributed by atoms with Gasteiger partial charge >= 0.3 is 0 Å². The van der Waals surface area contributed by atoms with Gasteiger partial charge in [-0.15, -0.1) is 0 Å². The summed E-state index contributed by atoms with van der Waals surface area (Å²) >= 11 is 0. The molecule has 5 nitrogen and oxygen atoms in total. The van der Waals surface area contributed by atoms with Crippen LogP contribution in [0.15, 0.2) is 24.3 Å². The van der Waals surface area contributed by atoms with E-state index < -0.39 is 0 Å². The van der Waals surface area contributed by atoms with Gasteiger partial charge in [0.25, 0.3) is 0 Å². The first-order valence-electron chi connectivity index (χ1n) is 6.35. The fourth-order valence-corrected chi connectivity index (χ4v) is 2.25. The Bertz CT molecular complexity index is 478. The number of nitrogens with two attached hydrogens (primary N) is 1. The van der Waals surface area contributed by atoms with Gasteiger partial charge in [-0.3, -0.25) is 4.79 Å². The molecule has 0 aromatic heterocycles. The highest BCUT2D eigenvalue weighted by Crippen LogP contribution is 2.25. The average Bonchev–Trinajstić information content (AvgIpc) is 2.85. The minimum Gasteiger partial charge on any atom is -0.479 e. The van der Waals surface area contributed by atoms with Gasteiger partial charge in [-0.2, -0.15) is 5.26 Å². The summed E-state index contributed by atoms with van der Waals surface area (Å²) in [7, 11) is 0. The Kier molecular flexibility index (Phi) is 4.37. The average molecular weight is 259 g/mol. The van der Waals surface area contributed by atoms with Crippen LogP contribution < -0.4 is 15.8 Å². The molecule has 0 spiro atoms. The standard InChI is InChI=1S/C14H17N3O2/c15-7-8-19-13-5-3-12(4-6-13)17-14(18)10-1-2-11(16)9-10/h3-6,10-11H,1-2,8-9,16H2,(H,17,18). The van der Waals surface area contributed by atoms with E-state index in [0.717, 1.165) is 24.9 Å². The predicted octanol–water partition coefficient (Wildman–Crippen LogP) is 1.65. The quantitative estimate of drug-likeness (QED) is 0.860. The number of hydrogen-bond donors (Lipinski definition) is 2. The predicted molar refractivity (Wildman–Crippen MR) is 71.5 cm³/mol. The van der Waals surface area contributed by atoms with Crippen LogP contribution in [0.4, 0.5) is 5.69 Å². The van der Waals surface area contributed by atoms with Crippen molar-refractivity contribution in [1.82, 2.24) is 0 Å². The third-order valence-electron chi connectivity index (χ3n) is 3.27. The zero-order valence-corrected chi connectivity index (χ0v) is 10.6. The van der Waals surface area contributed by atoms with Gasteiger partial charge in [0.1, 0.15) is 11.8 Å². The Balaban J connectivity index is 1.89. The normalized spacial score (nSPS) is 21.7. The summed E-state index contributed by atoms with van der Waals surface area (Å²) in [5.74, 6) is 0.658. The topological polar surface area (TPSA) is 88.1 Å². The summed E-state index contributed by atoms with van der Waals surface area (Å²) in [5, 5.41) is 11.3. The molecule has 2 rings (SSSR count). The van der Waals surface area contributed by atoms with Crippen LogP contribution in [-0.4, -0.2) is 18.6 Å². The molecular weight excluding hydrogens is 242 g/mol. The van der Waals surface area contributed by atoms with E-state index in [1.807, 2.05) is 6.07 Å². The smallest absolute Gasteiger partial charge is 0.227 e. The van der Waals surface area contributed by atoms with Crippen molar-refractivity contribution >= 4 is 11.6 Å². The maximum atomic E-state index is 12.0. The molecule has 1 amide bonds. The van der Waals surface area contributed by atoms with E-state index in [1.54, 1.807) is 24.3 Å². The van der Waals surface area contributed by atoms with E-state index in [-0.39, 0.29) is 24.5 Å². The molecule has 0 bridgehead atoms. The summed E-state index contributed by atoms with van der Waals surface area (Å²) < 4.78 is 5.14.